The average Bonchev–Trinajstić information content (AvgIpc) is 2.94. The summed E-state index contributed by atoms with van der Waals surface area (Å²) in [6, 6.07) is 4.78. The van der Waals surface area contributed by atoms with Crippen molar-refractivity contribution in [3.63, 3.8) is 0 Å². The molecule has 1 aliphatic carbocycles. The van der Waals surface area contributed by atoms with Gasteiger partial charge in [0.15, 0.2) is 5.96 Å². The van der Waals surface area contributed by atoms with E-state index < -0.39 is 0 Å². The maximum Gasteiger partial charge on any atom is 0.189 e. The second kappa shape index (κ2) is 6.33. The van der Waals surface area contributed by atoms with Crippen LogP contribution in [0.2, 0.25) is 0 Å². The number of aryl methyl sites for hydroxylation is 1. The monoisotopic (exact) mass is 287 g/mol. The van der Waals surface area contributed by atoms with E-state index in [1.54, 1.807) is 0 Å². The molecule has 0 radical (unpaired) electrons. The van der Waals surface area contributed by atoms with Crippen LogP contribution in [0.4, 0.5) is 5.82 Å². The smallest absolute Gasteiger partial charge is 0.189 e. The van der Waals surface area contributed by atoms with Gasteiger partial charge >= 0.3 is 0 Å². The zero-order valence-corrected chi connectivity index (χ0v) is 12.8. The van der Waals surface area contributed by atoms with Crippen LogP contribution in [0.5, 0.6) is 0 Å². The van der Waals surface area contributed by atoms with Crippen LogP contribution in [0.25, 0.3) is 0 Å². The second-order valence-corrected chi connectivity index (χ2v) is 6.14. The highest BCUT2D eigenvalue weighted by Crippen LogP contribution is 2.20. The van der Waals surface area contributed by atoms with Crippen LogP contribution < -0.4 is 16.0 Å². The van der Waals surface area contributed by atoms with Gasteiger partial charge < -0.3 is 16.0 Å². The van der Waals surface area contributed by atoms with Crippen LogP contribution in [0.15, 0.2) is 17.1 Å². The summed E-state index contributed by atoms with van der Waals surface area (Å²) in [5, 5.41) is 3.27. The van der Waals surface area contributed by atoms with Crippen molar-refractivity contribution >= 4 is 11.8 Å². The lowest BCUT2D eigenvalue weighted by Gasteiger charge is -2.26. The number of nitrogens with zero attached hydrogens (tertiary/aromatic N) is 3. The molecule has 5 heteroatoms. The van der Waals surface area contributed by atoms with E-state index in [1.807, 2.05) is 6.92 Å². The van der Waals surface area contributed by atoms with Gasteiger partial charge in [0, 0.05) is 24.8 Å². The molecule has 3 rings (SSSR count). The summed E-state index contributed by atoms with van der Waals surface area (Å²) in [7, 11) is 0. The Morgan fingerprint density at radius 3 is 2.76 bits per heavy atom. The van der Waals surface area contributed by atoms with Crippen LogP contribution in [0.1, 0.15) is 43.4 Å². The number of nitrogens with one attached hydrogen (secondary N) is 1. The van der Waals surface area contributed by atoms with Crippen molar-refractivity contribution in [2.24, 2.45) is 10.7 Å². The molecule has 2 aliphatic rings. The zero-order chi connectivity index (χ0) is 14.7. The van der Waals surface area contributed by atoms with Crippen molar-refractivity contribution in [3.05, 3.63) is 23.4 Å². The highest BCUT2D eigenvalue weighted by atomic mass is 15.2. The standard InChI is InChI=1S/C16H25N5/c1-12-9-13(10-15(19-12)21-7-2-3-8-21)11-18-16(17)20-14-5-4-6-14/h9-10,14H,2-8,11H2,1H3,(H3,17,18,20). The second-order valence-electron chi connectivity index (χ2n) is 6.14. The van der Waals surface area contributed by atoms with Gasteiger partial charge in [-0.25, -0.2) is 9.98 Å². The third kappa shape index (κ3) is 3.65. The van der Waals surface area contributed by atoms with E-state index in [1.165, 1.54) is 37.7 Å². The summed E-state index contributed by atoms with van der Waals surface area (Å²) in [5.41, 5.74) is 8.18. The van der Waals surface area contributed by atoms with Crippen LogP contribution >= 0.6 is 0 Å². The number of nitrogens with two attached hydrogens (primary N) is 1. The predicted molar refractivity (Wildman–Crippen MR) is 86.5 cm³/mol. The van der Waals surface area contributed by atoms with Crippen molar-refractivity contribution in [1.29, 1.82) is 0 Å². The molecule has 114 valence electrons. The van der Waals surface area contributed by atoms with Crippen LogP contribution in [-0.2, 0) is 6.54 Å². The van der Waals surface area contributed by atoms with Gasteiger partial charge in [0.05, 0.1) is 6.54 Å². The molecule has 0 bridgehead atoms. The first-order valence-corrected chi connectivity index (χ1v) is 8.00. The molecule has 0 amide bonds. The van der Waals surface area contributed by atoms with E-state index in [0.717, 1.165) is 24.6 Å². The highest BCUT2D eigenvalue weighted by molar-refractivity contribution is 5.78. The fraction of sp³-hybridized carbons (Fsp3) is 0.625. The normalized spacial score (nSPS) is 19.7. The third-order valence-corrected chi connectivity index (χ3v) is 4.32. The number of rotatable bonds is 4. The maximum absolute atomic E-state index is 5.94. The van der Waals surface area contributed by atoms with Crippen molar-refractivity contribution in [2.45, 2.75) is 51.6 Å². The minimum absolute atomic E-state index is 0.535. The number of aromatic nitrogens is 1. The summed E-state index contributed by atoms with van der Waals surface area (Å²) in [4.78, 5) is 11.5. The van der Waals surface area contributed by atoms with E-state index in [0.29, 0.717) is 18.5 Å². The third-order valence-electron chi connectivity index (χ3n) is 4.32. The Bertz CT molecular complexity index is 515. The summed E-state index contributed by atoms with van der Waals surface area (Å²) in [6.45, 7) is 4.90. The Morgan fingerprint density at radius 2 is 2.10 bits per heavy atom. The van der Waals surface area contributed by atoms with Gasteiger partial charge in [-0.3, -0.25) is 0 Å². The number of anilines is 1. The molecule has 1 saturated carbocycles. The highest BCUT2D eigenvalue weighted by Gasteiger charge is 2.17. The van der Waals surface area contributed by atoms with Crippen LogP contribution in [-0.4, -0.2) is 30.1 Å². The molecule has 2 fully saturated rings. The van der Waals surface area contributed by atoms with Gasteiger partial charge in [0.2, 0.25) is 0 Å². The largest absolute Gasteiger partial charge is 0.370 e. The Balaban J connectivity index is 1.65. The first-order chi connectivity index (χ1) is 10.2. The van der Waals surface area contributed by atoms with Gasteiger partial charge in [-0.2, -0.15) is 0 Å². The summed E-state index contributed by atoms with van der Waals surface area (Å²) >= 11 is 0. The van der Waals surface area contributed by atoms with Crippen LogP contribution in [0, 0.1) is 6.92 Å². The summed E-state index contributed by atoms with van der Waals surface area (Å²) < 4.78 is 0. The Morgan fingerprint density at radius 1 is 1.33 bits per heavy atom. The van der Waals surface area contributed by atoms with Crippen molar-refractivity contribution in [3.8, 4) is 0 Å². The van der Waals surface area contributed by atoms with E-state index in [4.69, 9.17) is 5.73 Å². The van der Waals surface area contributed by atoms with Crippen molar-refractivity contribution in [1.82, 2.24) is 10.3 Å². The molecule has 21 heavy (non-hydrogen) atoms. The molecule has 3 N–H and O–H groups in total. The lowest BCUT2D eigenvalue weighted by molar-refractivity contribution is 0.382. The number of hydrogen-bond acceptors (Lipinski definition) is 3. The molecule has 5 nitrogen and oxygen atoms in total. The molecule has 2 heterocycles. The van der Waals surface area contributed by atoms with Crippen molar-refractivity contribution in [2.75, 3.05) is 18.0 Å². The van der Waals surface area contributed by atoms with E-state index in [2.05, 4.69) is 32.3 Å². The summed E-state index contributed by atoms with van der Waals surface area (Å²) in [5.74, 6) is 1.65. The molecule has 0 aromatic carbocycles. The molecule has 1 aromatic heterocycles. The number of pyridine rings is 1. The molecular formula is C16H25N5. The molecule has 0 atom stereocenters. The fourth-order valence-electron chi connectivity index (χ4n) is 2.90. The maximum atomic E-state index is 5.94. The molecular weight excluding hydrogens is 262 g/mol. The first kappa shape index (κ1) is 14.2. The topological polar surface area (TPSA) is 66.5 Å². The van der Waals surface area contributed by atoms with Crippen LogP contribution in [0.3, 0.4) is 0 Å². The molecule has 1 saturated heterocycles. The van der Waals surface area contributed by atoms with E-state index in [-0.39, 0.29) is 0 Å². The summed E-state index contributed by atoms with van der Waals surface area (Å²) in [6.07, 6.45) is 6.25. The Kier molecular flexibility index (Phi) is 4.27. The molecule has 1 aliphatic heterocycles. The predicted octanol–water partition coefficient (Wildman–Crippen LogP) is 1.95. The minimum atomic E-state index is 0.535. The van der Waals surface area contributed by atoms with Gasteiger partial charge in [-0.15, -0.1) is 0 Å². The van der Waals surface area contributed by atoms with Gasteiger partial charge in [0.1, 0.15) is 5.82 Å². The molecule has 0 spiro atoms. The SMILES string of the molecule is Cc1cc(CN=C(N)NC2CCC2)cc(N2CCCC2)n1. The van der Waals surface area contributed by atoms with E-state index in [9.17, 15) is 0 Å². The number of hydrogen-bond donors (Lipinski definition) is 2. The van der Waals surface area contributed by atoms with Crippen molar-refractivity contribution < 1.29 is 0 Å². The molecule has 1 aromatic rings. The van der Waals surface area contributed by atoms with E-state index >= 15 is 0 Å². The average molecular weight is 287 g/mol. The molecule has 0 unspecified atom stereocenters. The van der Waals surface area contributed by atoms with Gasteiger partial charge in [-0.1, -0.05) is 0 Å². The zero-order valence-electron chi connectivity index (χ0n) is 12.8. The Hall–Kier alpha value is -1.78. The lowest BCUT2D eigenvalue weighted by Crippen LogP contribution is -2.43. The first-order valence-electron chi connectivity index (χ1n) is 8.00. The lowest BCUT2D eigenvalue weighted by atomic mass is 9.93. The quantitative estimate of drug-likeness (QED) is 0.656. The Labute approximate surface area is 126 Å². The fourth-order valence-corrected chi connectivity index (χ4v) is 2.90. The number of guanidine groups is 1. The minimum Gasteiger partial charge on any atom is -0.370 e. The van der Waals surface area contributed by atoms with Gasteiger partial charge in [-0.05, 0) is 56.7 Å². The number of aliphatic imine (C=N–C) groups is 1. The van der Waals surface area contributed by atoms with Gasteiger partial charge in [0.25, 0.3) is 0 Å².